The van der Waals surface area contributed by atoms with Gasteiger partial charge in [0.1, 0.15) is 0 Å². The molecule has 1 aliphatic heterocycles. The van der Waals surface area contributed by atoms with Crippen molar-refractivity contribution >= 4 is 12.4 Å². The van der Waals surface area contributed by atoms with E-state index in [9.17, 15) is 0 Å². The van der Waals surface area contributed by atoms with Crippen molar-refractivity contribution in [2.45, 2.75) is 39.8 Å². The van der Waals surface area contributed by atoms with Gasteiger partial charge in [-0.25, -0.2) is 0 Å². The summed E-state index contributed by atoms with van der Waals surface area (Å²) in [6.07, 6.45) is 1.05. The van der Waals surface area contributed by atoms with Crippen molar-refractivity contribution < 1.29 is 9.05 Å². The molecule has 0 saturated carbocycles. The monoisotopic (exact) mass is 282 g/mol. The molecule has 108 valence electrons. The van der Waals surface area contributed by atoms with Gasteiger partial charge in [-0.1, -0.05) is 0 Å². The van der Waals surface area contributed by atoms with Crippen LogP contribution in [-0.4, -0.2) is 24.5 Å². The van der Waals surface area contributed by atoms with Gasteiger partial charge in [0.15, 0.2) is 0 Å². The molecular weight excluding hydrogens is 255 g/mol. The predicted molar refractivity (Wildman–Crippen MR) is 84.4 cm³/mol. The molecule has 0 bridgehead atoms. The van der Waals surface area contributed by atoms with Gasteiger partial charge >= 0.3 is 117 Å². The Labute approximate surface area is 117 Å². The molecule has 0 amide bonds. The molecule has 1 fully saturated rings. The molecule has 0 N–H and O–H groups in total. The van der Waals surface area contributed by atoms with Crippen LogP contribution in [0.1, 0.15) is 34.6 Å². The van der Waals surface area contributed by atoms with E-state index in [-0.39, 0.29) is 5.16 Å². The van der Waals surface area contributed by atoms with Crippen LogP contribution in [0.25, 0.3) is 0 Å². The van der Waals surface area contributed by atoms with Gasteiger partial charge in [-0.05, 0) is 0 Å². The normalized spacial score (nSPS) is 28.9. The summed E-state index contributed by atoms with van der Waals surface area (Å²) in [6.45, 7) is 12.5. The summed E-state index contributed by atoms with van der Waals surface area (Å²) in [5, 5.41) is 1.36. The number of rotatable bonds is 5. The number of hydrogen-bond donors (Lipinski definition) is 0. The fourth-order valence-electron chi connectivity index (χ4n) is 3.63. The van der Waals surface area contributed by atoms with Crippen molar-refractivity contribution in [3.8, 4) is 0 Å². The van der Waals surface area contributed by atoms with Crippen LogP contribution < -0.4 is 5.30 Å². The van der Waals surface area contributed by atoms with Gasteiger partial charge in [0.25, 0.3) is 0 Å². The Hall–Kier alpha value is -0.430. The van der Waals surface area contributed by atoms with Crippen molar-refractivity contribution in [2.24, 2.45) is 5.92 Å². The Bertz CT molecular complexity index is 427. The van der Waals surface area contributed by atoms with E-state index in [1.54, 1.807) is 0 Å². The molecule has 2 rings (SSSR count). The number of benzene rings is 1. The minimum absolute atomic E-state index is 0.0823. The molecule has 1 unspecified atom stereocenters. The maximum absolute atomic E-state index is 6.47. The molecule has 1 aliphatic rings. The molecule has 1 heterocycles. The van der Waals surface area contributed by atoms with Crippen LogP contribution in [0.4, 0.5) is 0 Å². The van der Waals surface area contributed by atoms with E-state index in [2.05, 4.69) is 65.0 Å². The zero-order valence-corrected chi connectivity index (χ0v) is 13.7. The van der Waals surface area contributed by atoms with Crippen LogP contribution in [0, 0.1) is 5.92 Å². The molecule has 1 aromatic carbocycles. The Morgan fingerprint density at radius 3 is 2.00 bits per heavy atom. The zero-order chi connectivity index (χ0) is 14.2. The van der Waals surface area contributed by atoms with Crippen molar-refractivity contribution in [3.63, 3.8) is 0 Å². The summed E-state index contributed by atoms with van der Waals surface area (Å²) >= 11 is 0. The quantitative estimate of drug-likeness (QED) is 0.754. The second-order valence-corrected chi connectivity index (χ2v) is 10.8. The molecule has 0 radical (unpaired) electrons. The first-order valence-electron chi connectivity index (χ1n) is 7.31. The molecule has 0 spiro atoms. The Balaban J connectivity index is 2.62. The summed E-state index contributed by atoms with van der Waals surface area (Å²) in [5.74, 6) is 0.628. The molecular formula is C16H27O2P. The molecule has 2 nitrogen and oxygen atoms in total. The molecule has 1 atom stereocenters. The SMILES string of the molecule is CCOP1(OCC)(c2ccccc2)CC(C)C1(C)C. The minimum atomic E-state index is -2.75. The van der Waals surface area contributed by atoms with E-state index in [0.717, 1.165) is 6.16 Å². The standard InChI is InChI=1S/C16H27O2P/c1-6-17-19(18-7-2,13-14(3)16(19,4)5)15-11-9-8-10-12-15/h8-12,14H,6-7,13H2,1-5H3. The van der Waals surface area contributed by atoms with E-state index in [1.807, 2.05) is 0 Å². The summed E-state index contributed by atoms with van der Waals surface area (Å²) in [6, 6.07) is 10.6. The first-order chi connectivity index (χ1) is 8.94. The molecule has 19 heavy (non-hydrogen) atoms. The van der Waals surface area contributed by atoms with E-state index in [4.69, 9.17) is 9.05 Å². The topological polar surface area (TPSA) is 18.5 Å². The van der Waals surface area contributed by atoms with Gasteiger partial charge in [0, 0.05) is 0 Å². The van der Waals surface area contributed by atoms with Crippen molar-refractivity contribution in [2.75, 3.05) is 19.4 Å². The van der Waals surface area contributed by atoms with Crippen LogP contribution in [0.2, 0.25) is 0 Å². The van der Waals surface area contributed by atoms with Crippen LogP contribution in [0.3, 0.4) is 0 Å². The van der Waals surface area contributed by atoms with Gasteiger partial charge < -0.3 is 0 Å². The predicted octanol–water partition coefficient (Wildman–Crippen LogP) is 4.20. The first-order valence-corrected chi connectivity index (χ1v) is 9.56. The Morgan fingerprint density at radius 1 is 1.11 bits per heavy atom. The van der Waals surface area contributed by atoms with E-state index < -0.39 is 7.06 Å². The summed E-state index contributed by atoms with van der Waals surface area (Å²) in [7, 11) is -2.75. The first kappa shape index (κ1) is 15.0. The molecule has 1 saturated heterocycles. The maximum atomic E-state index is 6.47. The summed E-state index contributed by atoms with van der Waals surface area (Å²) < 4.78 is 12.9. The van der Waals surface area contributed by atoms with Crippen LogP contribution in [0.5, 0.6) is 0 Å². The van der Waals surface area contributed by atoms with E-state index in [0.29, 0.717) is 19.1 Å². The van der Waals surface area contributed by atoms with Crippen LogP contribution in [-0.2, 0) is 9.05 Å². The average molecular weight is 282 g/mol. The average Bonchev–Trinajstić information content (AvgIpc) is 2.40. The zero-order valence-electron chi connectivity index (χ0n) is 12.8. The van der Waals surface area contributed by atoms with Gasteiger partial charge in [0.05, 0.1) is 0 Å². The van der Waals surface area contributed by atoms with Gasteiger partial charge in [-0.15, -0.1) is 0 Å². The molecule has 1 aromatic rings. The fourth-order valence-corrected chi connectivity index (χ4v) is 10.2. The molecule has 3 heteroatoms. The van der Waals surface area contributed by atoms with Gasteiger partial charge in [-0.2, -0.15) is 0 Å². The van der Waals surface area contributed by atoms with E-state index >= 15 is 0 Å². The Morgan fingerprint density at radius 2 is 1.63 bits per heavy atom. The van der Waals surface area contributed by atoms with Crippen LogP contribution >= 0.6 is 7.06 Å². The third-order valence-corrected chi connectivity index (χ3v) is 12.0. The van der Waals surface area contributed by atoms with Crippen molar-refractivity contribution in [3.05, 3.63) is 30.3 Å². The Kier molecular flexibility index (Phi) is 3.81. The summed E-state index contributed by atoms with van der Waals surface area (Å²) in [5.41, 5.74) is 0. The molecule has 0 aromatic heterocycles. The summed E-state index contributed by atoms with van der Waals surface area (Å²) in [4.78, 5) is 0. The second kappa shape index (κ2) is 4.84. The van der Waals surface area contributed by atoms with Crippen molar-refractivity contribution in [1.29, 1.82) is 0 Å². The van der Waals surface area contributed by atoms with Gasteiger partial charge in [-0.3, -0.25) is 0 Å². The number of hydrogen-bond acceptors (Lipinski definition) is 2. The fraction of sp³-hybridized carbons (Fsp3) is 0.625. The van der Waals surface area contributed by atoms with Crippen LogP contribution in [0.15, 0.2) is 30.3 Å². The third kappa shape index (κ3) is 1.73. The molecule has 0 aliphatic carbocycles. The van der Waals surface area contributed by atoms with E-state index in [1.165, 1.54) is 5.30 Å². The van der Waals surface area contributed by atoms with Gasteiger partial charge in [0.2, 0.25) is 0 Å². The van der Waals surface area contributed by atoms with Crippen molar-refractivity contribution in [1.82, 2.24) is 0 Å². The third-order valence-electron chi connectivity index (χ3n) is 5.06. The second-order valence-electron chi connectivity index (χ2n) is 6.03.